The van der Waals surface area contributed by atoms with E-state index in [9.17, 15) is 17.6 Å². The Morgan fingerprint density at radius 3 is 2.45 bits per heavy atom. The minimum absolute atomic E-state index is 0.182. The number of carbonyl (C=O) groups excluding carboxylic acids is 1. The Morgan fingerprint density at radius 2 is 1.73 bits per heavy atom. The van der Waals surface area contributed by atoms with E-state index in [0.29, 0.717) is 12.1 Å². The van der Waals surface area contributed by atoms with Crippen molar-refractivity contribution in [1.29, 1.82) is 0 Å². The first kappa shape index (κ1) is 22.7. The minimum Gasteiger partial charge on any atom is -0.347 e. The molecule has 0 spiro atoms. The maximum absolute atomic E-state index is 13.5. The van der Waals surface area contributed by atoms with Gasteiger partial charge in [-0.3, -0.25) is 4.79 Å². The van der Waals surface area contributed by atoms with Gasteiger partial charge in [0, 0.05) is 13.0 Å². The van der Waals surface area contributed by atoms with Crippen molar-refractivity contribution < 1.29 is 17.6 Å². The molecular weight excluding hydrogens is 441 g/mol. The van der Waals surface area contributed by atoms with Crippen molar-refractivity contribution in [3.63, 3.8) is 0 Å². The fourth-order valence-electron chi connectivity index (χ4n) is 3.64. The molecule has 4 aromatic rings. The predicted molar refractivity (Wildman–Crippen MR) is 125 cm³/mol. The molecule has 0 saturated heterocycles. The molecule has 33 heavy (non-hydrogen) atoms. The number of rotatable bonds is 8. The van der Waals surface area contributed by atoms with E-state index in [1.165, 1.54) is 12.1 Å². The predicted octanol–water partition coefficient (Wildman–Crippen LogP) is 4.21. The molecule has 1 amide bonds. The van der Waals surface area contributed by atoms with E-state index in [1.54, 1.807) is 42.7 Å². The van der Waals surface area contributed by atoms with Gasteiger partial charge < -0.3 is 9.88 Å². The molecule has 0 saturated carbocycles. The van der Waals surface area contributed by atoms with E-state index in [2.05, 4.69) is 10.3 Å². The molecule has 0 bridgehead atoms. The Balaban J connectivity index is 1.50. The number of fused-ring (bicyclic) bond motifs is 1. The van der Waals surface area contributed by atoms with Gasteiger partial charge in [-0.25, -0.2) is 17.8 Å². The van der Waals surface area contributed by atoms with Crippen LogP contribution in [0, 0.1) is 12.7 Å². The van der Waals surface area contributed by atoms with Gasteiger partial charge in [-0.05, 0) is 48.9 Å². The lowest BCUT2D eigenvalue weighted by atomic mass is 10.1. The quantitative estimate of drug-likeness (QED) is 0.423. The number of carbonyl (C=O) groups is 1. The van der Waals surface area contributed by atoms with Crippen molar-refractivity contribution in [1.82, 2.24) is 14.9 Å². The first-order valence-electron chi connectivity index (χ1n) is 10.6. The van der Waals surface area contributed by atoms with Crippen molar-refractivity contribution in [3.05, 3.63) is 96.1 Å². The zero-order valence-electron chi connectivity index (χ0n) is 18.1. The Hall–Kier alpha value is -3.52. The lowest BCUT2D eigenvalue weighted by Gasteiger charge is -2.20. The van der Waals surface area contributed by atoms with Gasteiger partial charge in [0.25, 0.3) is 0 Å². The molecule has 0 radical (unpaired) electrons. The normalized spacial score (nSPS) is 12.5. The molecule has 1 aromatic heterocycles. The zero-order valence-corrected chi connectivity index (χ0v) is 18.9. The number of aromatic nitrogens is 2. The van der Waals surface area contributed by atoms with Gasteiger partial charge in [0.1, 0.15) is 5.82 Å². The average molecular weight is 466 g/mol. The number of amides is 1. The largest absolute Gasteiger partial charge is 0.347 e. The molecule has 0 fully saturated rings. The van der Waals surface area contributed by atoms with Crippen LogP contribution in [0.2, 0.25) is 0 Å². The van der Waals surface area contributed by atoms with Crippen LogP contribution in [0.15, 0.2) is 84.0 Å². The summed E-state index contributed by atoms with van der Waals surface area (Å²) in [5.74, 6) is -1.07. The van der Waals surface area contributed by atoms with E-state index in [-0.39, 0.29) is 22.9 Å². The van der Waals surface area contributed by atoms with Gasteiger partial charge >= 0.3 is 0 Å². The third-order valence-corrected chi connectivity index (χ3v) is 7.22. The number of benzene rings is 3. The molecule has 1 atom stereocenters. The van der Waals surface area contributed by atoms with Gasteiger partial charge in [-0.2, -0.15) is 0 Å². The second-order valence-corrected chi connectivity index (χ2v) is 10.0. The van der Waals surface area contributed by atoms with Crippen LogP contribution in [0.1, 0.15) is 23.6 Å². The highest BCUT2D eigenvalue weighted by Crippen LogP contribution is 2.20. The molecule has 1 unspecified atom stereocenters. The Labute approximate surface area is 192 Å². The van der Waals surface area contributed by atoms with Crippen LogP contribution in [0.4, 0.5) is 4.39 Å². The summed E-state index contributed by atoms with van der Waals surface area (Å²) in [7, 11) is -3.58. The van der Waals surface area contributed by atoms with E-state index in [4.69, 9.17) is 0 Å². The van der Waals surface area contributed by atoms with Crippen LogP contribution in [-0.2, 0) is 21.2 Å². The van der Waals surface area contributed by atoms with Crippen molar-refractivity contribution in [3.8, 4) is 0 Å². The van der Waals surface area contributed by atoms with Crippen molar-refractivity contribution in [2.75, 3.05) is 5.75 Å². The lowest BCUT2D eigenvalue weighted by molar-refractivity contribution is -0.121. The molecule has 0 aliphatic rings. The maximum Gasteiger partial charge on any atom is 0.221 e. The third-order valence-electron chi connectivity index (χ3n) is 5.49. The molecule has 0 aliphatic heterocycles. The number of hydrogen-bond acceptors (Lipinski definition) is 4. The monoisotopic (exact) mass is 465 g/mol. The lowest BCUT2D eigenvalue weighted by Crippen LogP contribution is -2.32. The summed E-state index contributed by atoms with van der Waals surface area (Å²) in [4.78, 5) is 17.3. The molecule has 3 aromatic carbocycles. The first-order valence-corrected chi connectivity index (χ1v) is 12.2. The highest BCUT2D eigenvalue weighted by atomic mass is 32.2. The summed E-state index contributed by atoms with van der Waals surface area (Å²) in [5, 5.41) is 2.91. The van der Waals surface area contributed by atoms with E-state index in [1.807, 2.05) is 35.8 Å². The van der Waals surface area contributed by atoms with Gasteiger partial charge in [0.2, 0.25) is 5.91 Å². The number of nitrogens with zero attached hydrogens (tertiary/aromatic N) is 2. The second-order valence-electron chi connectivity index (χ2n) is 7.94. The molecule has 4 rings (SSSR count). The summed E-state index contributed by atoms with van der Waals surface area (Å²) in [6.45, 7) is 2.24. The summed E-state index contributed by atoms with van der Waals surface area (Å²) in [6.07, 6.45) is 1.51. The smallest absolute Gasteiger partial charge is 0.221 e. The molecule has 8 heteroatoms. The fraction of sp³-hybridized carbons (Fsp3) is 0.200. The summed E-state index contributed by atoms with van der Waals surface area (Å²) >= 11 is 0. The van der Waals surface area contributed by atoms with Crippen LogP contribution in [-0.4, -0.2) is 29.6 Å². The Morgan fingerprint density at radius 1 is 1.03 bits per heavy atom. The van der Waals surface area contributed by atoms with Crippen molar-refractivity contribution in [2.24, 2.45) is 0 Å². The highest BCUT2D eigenvalue weighted by molar-refractivity contribution is 7.91. The van der Waals surface area contributed by atoms with Crippen molar-refractivity contribution in [2.45, 2.75) is 30.8 Å². The number of sulfone groups is 1. The van der Waals surface area contributed by atoms with Gasteiger partial charge in [0.15, 0.2) is 9.84 Å². The minimum atomic E-state index is -3.58. The van der Waals surface area contributed by atoms with Crippen LogP contribution in [0.3, 0.4) is 0 Å². The molecular formula is C25H24FN3O3S. The number of nitrogens with one attached hydrogen (secondary N) is 1. The van der Waals surface area contributed by atoms with Gasteiger partial charge in [-0.1, -0.05) is 42.0 Å². The number of imidazole rings is 1. The topological polar surface area (TPSA) is 81.1 Å². The van der Waals surface area contributed by atoms with Crippen LogP contribution >= 0.6 is 0 Å². The van der Waals surface area contributed by atoms with E-state index in [0.717, 1.165) is 16.6 Å². The molecule has 1 heterocycles. The van der Waals surface area contributed by atoms with E-state index < -0.39 is 21.8 Å². The molecule has 0 aliphatic carbocycles. The SMILES string of the molecule is Cc1ccc(S(=O)(=O)CCC(=O)NC(Cn2cnc3ccccc32)c2ccc(F)cc2)cc1. The van der Waals surface area contributed by atoms with Crippen LogP contribution < -0.4 is 5.32 Å². The number of hydrogen-bond donors (Lipinski definition) is 1. The Bertz CT molecular complexity index is 1360. The standard InChI is InChI=1S/C25H24FN3O3S/c1-18-6-12-21(13-7-18)33(31,32)15-14-25(30)28-23(19-8-10-20(26)11-9-19)16-29-17-27-22-4-2-3-5-24(22)29/h2-13,17,23H,14-16H2,1H3,(H,28,30). The summed E-state index contributed by atoms with van der Waals surface area (Å²) in [5.41, 5.74) is 3.40. The highest BCUT2D eigenvalue weighted by Gasteiger charge is 2.20. The molecule has 6 nitrogen and oxygen atoms in total. The van der Waals surface area contributed by atoms with Gasteiger partial charge in [0.05, 0.1) is 34.1 Å². The van der Waals surface area contributed by atoms with Crippen molar-refractivity contribution >= 4 is 26.8 Å². The first-order chi connectivity index (χ1) is 15.8. The fourth-order valence-corrected chi connectivity index (χ4v) is 4.88. The van der Waals surface area contributed by atoms with E-state index >= 15 is 0 Å². The van der Waals surface area contributed by atoms with Crippen LogP contribution in [0.5, 0.6) is 0 Å². The summed E-state index contributed by atoms with van der Waals surface area (Å²) < 4.78 is 40.6. The number of aryl methyl sites for hydroxylation is 1. The Kier molecular flexibility index (Phi) is 6.55. The zero-order chi connectivity index (χ0) is 23.4. The second kappa shape index (κ2) is 9.54. The number of para-hydroxylation sites is 2. The maximum atomic E-state index is 13.5. The number of halogens is 1. The summed E-state index contributed by atoms with van der Waals surface area (Å²) in [6, 6.07) is 19.6. The molecule has 1 N–H and O–H groups in total. The average Bonchev–Trinajstić information content (AvgIpc) is 3.21. The third kappa shape index (κ3) is 5.46. The molecule has 170 valence electrons. The van der Waals surface area contributed by atoms with Gasteiger partial charge in [-0.15, -0.1) is 0 Å². The van der Waals surface area contributed by atoms with Crippen LogP contribution in [0.25, 0.3) is 11.0 Å².